The van der Waals surface area contributed by atoms with Crippen LogP contribution in [0.15, 0.2) is 60.8 Å². The van der Waals surface area contributed by atoms with Gasteiger partial charge >= 0.3 is 0 Å². The van der Waals surface area contributed by atoms with Gasteiger partial charge in [-0.25, -0.2) is 4.39 Å². The zero-order valence-electron chi connectivity index (χ0n) is 14.2. The van der Waals surface area contributed by atoms with Crippen LogP contribution in [0.4, 0.5) is 27.5 Å². The molecule has 0 unspecified atom stereocenters. The van der Waals surface area contributed by atoms with Gasteiger partial charge in [0.05, 0.1) is 6.20 Å². The molecule has 6 nitrogen and oxygen atoms in total. The van der Waals surface area contributed by atoms with Crippen LogP contribution in [0.5, 0.6) is 0 Å². The Kier molecular flexibility index (Phi) is 4.59. The van der Waals surface area contributed by atoms with E-state index in [0.717, 1.165) is 43.4 Å². The topological polar surface area (TPSA) is 57.2 Å². The summed E-state index contributed by atoms with van der Waals surface area (Å²) in [5.74, 6) is 1.07. The van der Waals surface area contributed by atoms with Crippen molar-refractivity contribution in [3.8, 4) is 0 Å². The van der Waals surface area contributed by atoms with E-state index < -0.39 is 0 Å². The van der Waals surface area contributed by atoms with Crippen molar-refractivity contribution >= 4 is 23.1 Å². The average molecular weight is 350 g/mol. The van der Waals surface area contributed by atoms with Crippen molar-refractivity contribution in [2.24, 2.45) is 0 Å². The smallest absolute Gasteiger partial charge is 0.249 e. The minimum absolute atomic E-state index is 0.210. The van der Waals surface area contributed by atoms with Crippen LogP contribution < -0.4 is 15.1 Å². The predicted octanol–water partition coefficient (Wildman–Crippen LogP) is 3.08. The first-order valence-electron chi connectivity index (χ1n) is 8.55. The molecule has 1 N–H and O–H groups in total. The molecule has 4 rings (SSSR count). The second kappa shape index (κ2) is 7.35. The molecule has 1 aromatic heterocycles. The Morgan fingerprint density at radius 2 is 1.54 bits per heavy atom. The minimum atomic E-state index is -0.210. The minimum Gasteiger partial charge on any atom is -0.368 e. The largest absolute Gasteiger partial charge is 0.368 e. The fraction of sp³-hybridized carbons (Fsp3) is 0.211. The van der Waals surface area contributed by atoms with Gasteiger partial charge in [0.1, 0.15) is 5.82 Å². The quantitative estimate of drug-likeness (QED) is 0.780. The molecule has 132 valence electrons. The van der Waals surface area contributed by atoms with Crippen LogP contribution >= 0.6 is 0 Å². The molecule has 0 aliphatic carbocycles. The van der Waals surface area contributed by atoms with E-state index in [1.807, 2.05) is 42.5 Å². The summed E-state index contributed by atoms with van der Waals surface area (Å²) < 4.78 is 13.1. The van der Waals surface area contributed by atoms with Gasteiger partial charge in [-0.1, -0.05) is 18.2 Å². The molecule has 7 heteroatoms. The highest BCUT2D eigenvalue weighted by molar-refractivity contribution is 5.54. The lowest BCUT2D eigenvalue weighted by Crippen LogP contribution is -2.46. The zero-order valence-corrected chi connectivity index (χ0v) is 14.2. The van der Waals surface area contributed by atoms with E-state index in [4.69, 9.17) is 0 Å². The first kappa shape index (κ1) is 16.3. The van der Waals surface area contributed by atoms with Crippen molar-refractivity contribution in [3.05, 3.63) is 66.6 Å². The third-order valence-electron chi connectivity index (χ3n) is 4.37. The Bertz CT molecular complexity index is 847. The maximum atomic E-state index is 13.1. The van der Waals surface area contributed by atoms with E-state index in [9.17, 15) is 4.39 Å². The van der Waals surface area contributed by atoms with E-state index in [1.165, 1.54) is 12.1 Å². The van der Waals surface area contributed by atoms with Crippen molar-refractivity contribution in [2.45, 2.75) is 0 Å². The summed E-state index contributed by atoms with van der Waals surface area (Å²) >= 11 is 0. The van der Waals surface area contributed by atoms with Crippen LogP contribution in [-0.2, 0) is 0 Å². The summed E-state index contributed by atoms with van der Waals surface area (Å²) in [4.78, 5) is 9.00. The van der Waals surface area contributed by atoms with Gasteiger partial charge in [-0.2, -0.15) is 10.1 Å². The summed E-state index contributed by atoms with van der Waals surface area (Å²) in [5.41, 5.74) is 1.96. The number of nitrogens with zero attached hydrogens (tertiary/aromatic N) is 5. The summed E-state index contributed by atoms with van der Waals surface area (Å²) in [7, 11) is 0. The predicted molar refractivity (Wildman–Crippen MR) is 100 cm³/mol. The zero-order chi connectivity index (χ0) is 17.8. The van der Waals surface area contributed by atoms with Crippen molar-refractivity contribution in [3.63, 3.8) is 0 Å². The SMILES string of the molecule is Fc1ccc(N2CCN(c3cnnc(Nc4ccccc4)n3)CC2)cc1. The molecule has 1 saturated heterocycles. The number of anilines is 4. The van der Waals surface area contributed by atoms with Crippen molar-refractivity contribution in [1.82, 2.24) is 15.2 Å². The molecule has 1 aliphatic rings. The lowest BCUT2D eigenvalue weighted by molar-refractivity contribution is 0.624. The number of aromatic nitrogens is 3. The number of rotatable bonds is 4. The molecule has 0 atom stereocenters. The van der Waals surface area contributed by atoms with Gasteiger partial charge in [-0.15, -0.1) is 5.10 Å². The van der Waals surface area contributed by atoms with Crippen LogP contribution in [-0.4, -0.2) is 41.4 Å². The van der Waals surface area contributed by atoms with Crippen molar-refractivity contribution < 1.29 is 4.39 Å². The summed E-state index contributed by atoms with van der Waals surface area (Å²) in [6, 6.07) is 16.4. The normalized spacial score (nSPS) is 14.3. The third-order valence-corrected chi connectivity index (χ3v) is 4.37. The number of hydrogen-bond acceptors (Lipinski definition) is 6. The molecule has 3 aromatic rings. The fourth-order valence-electron chi connectivity index (χ4n) is 3.00. The van der Waals surface area contributed by atoms with Gasteiger partial charge in [-0.05, 0) is 36.4 Å². The standard InChI is InChI=1S/C19H19FN6/c20-15-6-8-17(9-7-15)25-10-12-26(13-11-25)18-14-21-24-19(23-18)22-16-4-2-1-3-5-16/h1-9,14H,10-13H2,(H,22,23,24). The Balaban J connectivity index is 1.41. The number of nitrogens with one attached hydrogen (secondary N) is 1. The second-order valence-electron chi connectivity index (χ2n) is 6.08. The number of hydrogen-bond donors (Lipinski definition) is 1. The van der Waals surface area contributed by atoms with Gasteiger partial charge in [0.25, 0.3) is 0 Å². The third kappa shape index (κ3) is 3.72. The van der Waals surface area contributed by atoms with Crippen LogP contribution in [0.2, 0.25) is 0 Å². The van der Waals surface area contributed by atoms with Gasteiger partial charge in [0.2, 0.25) is 5.95 Å². The van der Waals surface area contributed by atoms with E-state index in [-0.39, 0.29) is 5.82 Å². The highest BCUT2D eigenvalue weighted by atomic mass is 19.1. The number of para-hydroxylation sites is 1. The highest BCUT2D eigenvalue weighted by Gasteiger charge is 2.19. The van der Waals surface area contributed by atoms with Gasteiger partial charge in [-0.3, -0.25) is 0 Å². The Morgan fingerprint density at radius 1 is 0.846 bits per heavy atom. The molecule has 1 fully saturated rings. The fourth-order valence-corrected chi connectivity index (χ4v) is 3.00. The number of piperazine rings is 1. The molecule has 0 spiro atoms. The summed E-state index contributed by atoms with van der Waals surface area (Å²) in [6.45, 7) is 3.33. The van der Waals surface area contributed by atoms with Crippen molar-refractivity contribution in [2.75, 3.05) is 41.3 Å². The molecule has 0 radical (unpaired) electrons. The molecule has 26 heavy (non-hydrogen) atoms. The first-order chi connectivity index (χ1) is 12.8. The van der Waals surface area contributed by atoms with E-state index in [1.54, 1.807) is 6.20 Å². The Hall–Kier alpha value is -3.22. The molecule has 1 aliphatic heterocycles. The molecule has 2 aromatic carbocycles. The molecule has 2 heterocycles. The summed E-state index contributed by atoms with van der Waals surface area (Å²) in [5, 5.41) is 11.3. The van der Waals surface area contributed by atoms with Gasteiger partial charge in [0, 0.05) is 37.6 Å². The maximum Gasteiger partial charge on any atom is 0.249 e. The lowest BCUT2D eigenvalue weighted by atomic mass is 10.2. The van der Waals surface area contributed by atoms with E-state index in [2.05, 4.69) is 30.3 Å². The monoisotopic (exact) mass is 350 g/mol. The lowest BCUT2D eigenvalue weighted by Gasteiger charge is -2.36. The van der Waals surface area contributed by atoms with Crippen LogP contribution in [0.3, 0.4) is 0 Å². The average Bonchev–Trinajstić information content (AvgIpc) is 2.70. The number of benzene rings is 2. The Labute approximate surface area is 151 Å². The van der Waals surface area contributed by atoms with Crippen LogP contribution in [0, 0.1) is 5.82 Å². The first-order valence-corrected chi connectivity index (χ1v) is 8.55. The van der Waals surface area contributed by atoms with Crippen LogP contribution in [0.1, 0.15) is 0 Å². The molecular formula is C19H19FN6. The molecular weight excluding hydrogens is 331 g/mol. The Morgan fingerprint density at radius 3 is 2.27 bits per heavy atom. The second-order valence-corrected chi connectivity index (χ2v) is 6.08. The van der Waals surface area contributed by atoms with Crippen molar-refractivity contribution in [1.29, 1.82) is 0 Å². The van der Waals surface area contributed by atoms with Gasteiger partial charge < -0.3 is 15.1 Å². The summed E-state index contributed by atoms with van der Waals surface area (Å²) in [6.07, 6.45) is 1.68. The maximum absolute atomic E-state index is 13.1. The number of halogens is 1. The van der Waals surface area contributed by atoms with Gasteiger partial charge in [0.15, 0.2) is 5.82 Å². The van der Waals surface area contributed by atoms with E-state index >= 15 is 0 Å². The molecule has 0 saturated carbocycles. The van der Waals surface area contributed by atoms with E-state index in [0.29, 0.717) is 5.95 Å². The highest BCUT2D eigenvalue weighted by Crippen LogP contribution is 2.20. The molecule has 0 bridgehead atoms. The molecule has 0 amide bonds. The van der Waals surface area contributed by atoms with Crippen LogP contribution in [0.25, 0.3) is 0 Å².